The molecule has 4 rings (SSSR count). The quantitative estimate of drug-likeness (QED) is 0.159. The van der Waals surface area contributed by atoms with E-state index in [1.807, 2.05) is 0 Å². The summed E-state index contributed by atoms with van der Waals surface area (Å²) in [7, 11) is 0. The van der Waals surface area contributed by atoms with Gasteiger partial charge in [-0.05, 0) is 18.7 Å². The highest BCUT2D eigenvalue weighted by atomic mass is 32.2. The maximum Gasteiger partial charge on any atom is 0.315 e. The highest BCUT2D eigenvalue weighted by Crippen LogP contribution is 2.49. The third kappa shape index (κ3) is 4.03. The second-order valence-corrected chi connectivity index (χ2v) is 8.45. The van der Waals surface area contributed by atoms with Gasteiger partial charge in [0, 0.05) is 23.6 Å². The number of benzene rings is 2. The smallest absolute Gasteiger partial charge is 0.315 e. The third-order valence-corrected chi connectivity index (χ3v) is 6.33. The highest BCUT2D eigenvalue weighted by Gasteiger charge is 2.54. The number of nitro groups is 1. The van der Waals surface area contributed by atoms with Gasteiger partial charge in [0.05, 0.1) is 17.1 Å². The van der Waals surface area contributed by atoms with Crippen molar-refractivity contribution in [3.8, 4) is 0 Å². The first-order valence-electron chi connectivity index (χ1n) is 10.5. The van der Waals surface area contributed by atoms with Crippen LogP contribution in [0.4, 0.5) is 11.5 Å². The van der Waals surface area contributed by atoms with E-state index in [2.05, 4.69) is 15.3 Å². The molecule has 1 aliphatic heterocycles. The fraction of sp³-hybridized carbons (Fsp3) is 0.261. The van der Waals surface area contributed by atoms with Crippen molar-refractivity contribution >= 4 is 29.2 Å². The van der Waals surface area contributed by atoms with Crippen LogP contribution in [0.25, 0.3) is 0 Å². The lowest BCUT2D eigenvalue weighted by Crippen LogP contribution is -2.54. The monoisotopic (exact) mass is 482 g/mol. The maximum atomic E-state index is 13.3. The number of aromatic amines is 1. The number of nitro benzene ring substituents is 1. The van der Waals surface area contributed by atoms with Gasteiger partial charge in [-0.2, -0.15) is 0 Å². The third-order valence-electron chi connectivity index (χ3n) is 5.75. The summed E-state index contributed by atoms with van der Waals surface area (Å²) in [6.45, 7) is 1.70. The molecule has 0 radical (unpaired) electrons. The molecule has 2 aromatic carbocycles. The Kier molecular flexibility index (Phi) is 6.40. The Balaban J connectivity index is 2.02. The number of esters is 1. The average molecular weight is 483 g/mol. The number of nitrogens with zero attached hydrogens (tertiary/aromatic N) is 2. The van der Waals surface area contributed by atoms with Crippen LogP contribution in [0.3, 0.4) is 0 Å². The minimum Gasteiger partial charge on any atom is -0.466 e. The maximum absolute atomic E-state index is 13.3. The lowest BCUT2D eigenvalue weighted by Gasteiger charge is -2.44. The average Bonchev–Trinajstić information content (AvgIpc) is 2.83. The Morgan fingerprint density at radius 3 is 2.50 bits per heavy atom. The summed E-state index contributed by atoms with van der Waals surface area (Å²) in [5, 5.41) is 26.4. The molecule has 0 saturated heterocycles. The molecule has 3 aromatic rings. The van der Waals surface area contributed by atoms with Gasteiger partial charge in [-0.3, -0.25) is 19.7 Å². The zero-order valence-corrected chi connectivity index (χ0v) is 19.2. The molecule has 3 atom stereocenters. The summed E-state index contributed by atoms with van der Waals surface area (Å²) < 4.78 is 5.33. The van der Waals surface area contributed by atoms with Crippen molar-refractivity contribution in [2.75, 3.05) is 18.2 Å². The number of fused-ring (bicyclic) bond motifs is 1. The normalized spacial score (nSPS) is 21.3. The molecule has 0 amide bonds. The first-order chi connectivity index (χ1) is 16.3. The van der Waals surface area contributed by atoms with E-state index in [1.165, 1.54) is 36.0 Å². The molecular formula is C23H22N4O6S. The minimum atomic E-state index is -1.98. The van der Waals surface area contributed by atoms with Crippen LogP contribution < -0.4 is 10.9 Å². The van der Waals surface area contributed by atoms with Gasteiger partial charge in [0.25, 0.3) is 11.2 Å². The van der Waals surface area contributed by atoms with Crippen LogP contribution in [0, 0.1) is 16.0 Å². The van der Waals surface area contributed by atoms with Crippen molar-refractivity contribution in [1.82, 2.24) is 9.97 Å². The molecule has 0 spiro atoms. The van der Waals surface area contributed by atoms with Crippen molar-refractivity contribution in [3.63, 3.8) is 0 Å². The van der Waals surface area contributed by atoms with E-state index in [0.717, 1.165) is 0 Å². The van der Waals surface area contributed by atoms with Gasteiger partial charge < -0.3 is 20.1 Å². The number of aliphatic hydroxyl groups is 1. The van der Waals surface area contributed by atoms with Crippen LogP contribution in [0.15, 0.2) is 64.5 Å². The Bertz CT molecular complexity index is 1280. The summed E-state index contributed by atoms with van der Waals surface area (Å²) >= 11 is 1.21. The van der Waals surface area contributed by atoms with Crippen LogP contribution in [0.2, 0.25) is 0 Å². The lowest BCUT2D eigenvalue weighted by molar-refractivity contribution is -0.384. The second kappa shape index (κ2) is 9.27. The number of non-ortho nitro benzene ring substituents is 1. The summed E-state index contributed by atoms with van der Waals surface area (Å²) in [4.78, 5) is 44.3. The Hall–Kier alpha value is -3.70. The molecular weight excluding hydrogens is 460 g/mol. The minimum absolute atomic E-state index is 0.0556. The molecule has 2 heterocycles. The Labute approximate surface area is 198 Å². The first-order valence-corrected chi connectivity index (χ1v) is 11.7. The molecule has 0 fully saturated rings. The highest BCUT2D eigenvalue weighted by molar-refractivity contribution is 7.98. The number of H-pyrrole nitrogens is 1. The standard InChI is InChI=1S/C23H22N4O6S/c1-3-33-21(29)18-16(13-9-11-15(12-10-13)27(31)32)17-19(24-22(34-2)25-20(17)28)26-23(18,30)14-7-5-4-6-8-14/h4-12,16,18,30H,3H2,1-2H3,(H2,24,25,26,28)/t16-,18+,23+/m1/s1. The van der Waals surface area contributed by atoms with E-state index in [-0.39, 0.29) is 23.7 Å². The molecule has 0 unspecified atom stereocenters. The van der Waals surface area contributed by atoms with E-state index in [4.69, 9.17) is 4.74 Å². The van der Waals surface area contributed by atoms with Gasteiger partial charge in [0.15, 0.2) is 10.9 Å². The van der Waals surface area contributed by atoms with Crippen molar-refractivity contribution in [1.29, 1.82) is 0 Å². The topological polar surface area (TPSA) is 147 Å². The van der Waals surface area contributed by atoms with E-state index >= 15 is 0 Å². The summed E-state index contributed by atoms with van der Waals surface area (Å²) in [6.07, 6.45) is 1.74. The van der Waals surface area contributed by atoms with Gasteiger partial charge in [0.1, 0.15) is 11.7 Å². The molecule has 11 heteroatoms. The summed E-state index contributed by atoms with van der Waals surface area (Å²) in [6, 6.07) is 14.0. The molecule has 0 aliphatic carbocycles. The van der Waals surface area contributed by atoms with Gasteiger partial charge >= 0.3 is 5.97 Å². The van der Waals surface area contributed by atoms with Gasteiger partial charge in [-0.25, -0.2) is 4.98 Å². The zero-order valence-electron chi connectivity index (χ0n) is 18.3. The van der Waals surface area contributed by atoms with Crippen molar-refractivity contribution < 1.29 is 19.6 Å². The molecule has 1 aliphatic rings. The number of hydrogen-bond donors (Lipinski definition) is 3. The molecule has 0 bridgehead atoms. The number of rotatable bonds is 6. The van der Waals surface area contributed by atoms with Crippen LogP contribution in [-0.4, -0.2) is 38.8 Å². The molecule has 0 saturated carbocycles. The molecule has 34 heavy (non-hydrogen) atoms. The molecule has 1 aromatic heterocycles. The predicted molar refractivity (Wildman–Crippen MR) is 126 cm³/mol. The van der Waals surface area contributed by atoms with Crippen LogP contribution in [0.5, 0.6) is 0 Å². The number of anilines is 1. The van der Waals surface area contributed by atoms with Crippen LogP contribution in [0.1, 0.15) is 29.5 Å². The van der Waals surface area contributed by atoms with Crippen molar-refractivity contribution in [3.05, 3.63) is 91.8 Å². The SMILES string of the molecule is CCOC(=O)[C@@H]1[C@H](c2ccc([N+](=O)[O-])cc2)c2c(nc(SC)[nH]c2=O)N[C@]1(O)c1ccccc1. The summed E-state index contributed by atoms with van der Waals surface area (Å²) in [5.41, 5.74) is -1.69. The van der Waals surface area contributed by atoms with E-state index in [1.54, 1.807) is 43.5 Å². The molecule has 10 nitrogen and oxygen atoms in total. The molecule has 3 N–H and O–H groups in total. The van der Waals surface area contributed by atoms with Gasteiger partial charge in [0.2, 0.25) is 0 Å². The van der Waals surface area contributed by atoms with Crippen molar-refractivity contribution in [2.45, 2.75) is 23.7 Å². The fourth-order valence-corrected chi connectivity index (χ4v) is 4.63. The lowest BCUT2D eigenvalue weighted by atomic mass is 9.71. The number of hydrogen-bond acceptors (Lipinski definition) is 9. The number of carbonyl (C=O) groups is 1. The Morgan fingerprint density at radius 2 is 1.91 bits per heavy atom. The fourth-order valence-electron chi connectivity index (χ4n) is 4.25. The largest absolute Gasteiger partial charge is 0.466 e. The molecule has 176 valence electrons. The van der Waals surface area contributed by atoms with Gasteiger partial charge in [-0.15, -0.1) is 0 Å². The number of nitrogens with one attached hydrogen (secondary N) is 2. The second-order valence-electron chi connectivity index (χ2n) is 7.65. The van der Waals surface area contributed by atoms with Crippen molar-refractivity contribution in [2.24, 2.45) is 5.92 Å². The number of thioether (sulfide) groups is 1. The predicted octanol–water partition coefficient (Wildman–Crippen LogP) is 2.98. The van der Waals surface area contributed by atoms with Gasteiger partial charge in [-0.1, -0.05) is 54.2 Å². The van der Waals surface area contributed by atoms with E-state index in [0.29, 0.717) is 16.3 Å². The van der Waals surface area contributed by atoms with Crippen LogP contribution >= 0.6 is 11.8 Å². The Morgan fingerprint density at radius 1 is 1.24 bits per heavy atom. The summed E-state index contributed by atoms with van der Waals surface area (Å²) in [5.74, 6) is -2.92. The zero-order chi connectivity index (χ0) is 24.5. The number of aromatic nitrogens is 2. The number of ether oxygens (including phenoxy) is 1. The van der Waals surface area contributed by atoms with E-state index in [9.17, 15) is 24.8 Å². The number of carbonyl (C=O) groups excluding carboxylic acids is 1. The van der Waals surface area contributed by atoms with E-state index < -0.39 is 34.0 Å². The first kappa shape index (κ1) is 23.5. The van der Waals surface area contributed by atoms with Crippen LogP contribution in [-0.2, 0) is 15.3 Å².